The van der Waals surface area contributed by atoms with E-state index in [4.69, 9.17) is 16.3 Å². The Kier molecular flexibility index (Phi) is 6.04. The predicted molar refractivity (Wildman–Crippen MR) is 89.1 cm³/mol. The zero-order valence-corrected chi connectivity index (χ0v) is 13.5. The van der Waals surface area contributed by atoms with E-state index in [0.29, 0.717) is 5.56 Å². The highest BCUT2D eigenvalue weighted by Crippen LogP contribution is 2.27. The normalized spacial score (nSPS) is 11.4. The van der Waals surface area contributed by atoms with Crippen molar-refractivity contribution < 1.29 is 24.4 Å². The number of anilines is 1. The summed E-state index contributed by atoms with van der Waals surface area (Å²) in [6, 6.07) is 11.8. The number of aliphatic hydroxyl groups is 1. The van der Waals surface area contributed by atoms with Gasteiger partial charge in [0.25, 0.3) is 11.6 Å². The van der Waals surface area contributed by atoms with E-state index in [9.17, 15) is 24.8 Å². The van der Waals surface area contributed by atoms with E-state index < -0.39 is 29.5 Å². The first kappa shape index (κ1) is 18.4. The second kappa shape index (κ2) is 8.22. The van der Waals surface area contributed by atoms with Gasteiger partial charge in [0.15, 0.2) is 12.7 Å². The van der Waals surface area contributed by atoms with E-state index >= 15 is 0 Å². The van der Waals surface area contributed by atoms with Crippen LogP contribution in [0.15, 0.2) is 48.5 Å². The minimum absolute atomic E-state index is 0.0691. The molecule has 0 unspecified atom stereocenters. The van der Waals surface area contributed by atoms with E-state index in [1.807, 2.05) is 0 Å². The van der Waals surface area contributed by atoms with Crippen molar-refractivity contribution in [2.45, 2.75) is 6.10 Å². The van der Waals surface area contributed by atoms with Gasteiger partial charge >= 0.3 is 5.97 Å². The Labute approximate surface area is 147 Å². The third kappa shape index (κ3) is 5.00. The third-order valence-corrected chi connectivity index (χ3v) is 3.43. The number of carbonyl (C=O) groups excluding carboxylic acids is 2. The number of halogens is 1. The minimum atomic E-state index is -1.51. The molecule has 2 N–H and O–H groups in total. The van der Waals surface area contributed by atoms with Crippen molar-refractivity contribution in [2.75, 3.05) is 11.9 Å². The van der Waals surface area contributed by atoms with Gasteiger partial charge in [-0.2, -0.15) is 0 Å². The quantitative estimate of drug-likeness (QED) is 0.461. The third-order valence-electron chi connectivity index (χ3n) is 3.11. The second-order valence-electron chi connectivity index (χ2n) is 4.89. The first-order chi connectivity index (χ1) is 11.9. The molecule has 8 nitrogen and oxygen atoms in total. The Morgan fingerprint density at radius 1 is 1.24 bits per heavy atom. The Bertz CT molecular complexity index is 796. The molecule has 2 rings (SSSR count). The average molecular weight is 365 g/mol. The van der Waals surface area contributed by atoms with Gasteiger partial charge in [-0.15, -0.1) is 0 Å². The first-order valence-electron chi connectivity index (χ1n) is 7.02. The average Bonchev–Trinajstić information content (AvgIpc) is 2.61. The summed E-state index contributed by atoms with van der Waals surface area (Å²) in [5, 5.41) is 22.9. The largest absolute Gasteiger partial charge is 0.453 e. The molecule has 0 heterocycles. The Morgan fingerprint density at radius 3 is 2.56 bits per heavy atom. The lowest BCUT2D eigenvalue weighted by Crippen LogP contribution is -2.24. The second-order valence-corrected chi connectivity index (χ2v) is 5.30. The zero-order valence-electron chi connectivity index (χ0n) is 12.7. The molecule has 25 heavy (non-hydrogen) atoms. The summed E-state index contributed by atoms with van der Waals surface area (Å²) in [7, 11) is 0. The van der Waals surface area contributed by atoms with E-state index in [1.165, 1.54) is 12.1 Å². The molecule has 0 radical (unpaired) electrons. The summed E-state index contributed by atoms with van der Waals surface area (Å²) in [4.78, 5) is 33.6. The smallest absolute Gasteiger partial charge is 0.340 e. The van der Waals surface area contributed by atoms with Crippen LogP contribution in [-0.4, -0.2) is 28.5 Å². The lowest BCUT2D eigenvalue weighted by Gasteiger charge is -2.11. The molecule has 0 spiro atoms. The monoisotopic (exact) mass is 364 g/mol. The van der Waals surface area contributed by atoms with Crippen LogP contribution >= 0.6 is 11.6 Å². The number of benzene rings is 2. The van der Waals surface area contributed by atoms with E-state index in [1.54, 1.807) is 30.3 Å². The topological polar surface area (TPSA) is 119 Å². The SMILES string of the molecule is O=C(COC(=O)[C@@H](O)c1ccccc1)Nc1ccc(Cl)c([N+](=O)[O-])c1. The molecule has 130 valence electrons. The highest BCUT2D eigenvalue weighted by atomic mass is 35.5. The van der Waals surface area contributed by atoms with Gasteiger partial charge in [0.1, 0.15) is 5.02 Å². The van der Waals surface area contributed by atoms with Crippen LogP contribution in [0.2, 0.25) is 5.02 Å². The van der Waals surface area contributed by atoms with Crippen molar-refractivity contribution in [1.29, 1.82) is 0 Å². The van der Waals surface area contributed by atoms with E-state index in [-0.39, 0.29) is 16.4 Å². The van der Waals surface area contributed by atoms with Crippen molar-refractivity contribution in [3.63, 3.8) is 0 Å². The molecule has 0 aliphatic rings. The van der Waals surface area contributed by atoms with Gasteiger partial charge in [-0.1, -0.05) is 41.9 Å². The lowest BCUT2D eigenvalue weighted by molar-refractivity contribution is -0.384. The molecule has 0 aliphatic carbocycles. The molecule has 1 atom stereocenters. The Hall–Kier alpha value is -2.97. The van der Waals surface area contributed by atoms with Crippen molar-refractivity contribution in [3.8, 4) is 0 Å². The fraction of sp³-hybridized carbons (Fsp3) is 0.125. The number of amides is 1. The number of carbonyl (C=O) groups is 2. The maximum absolute atomic E-state index is 11.8. The van der Waals surface area contributed by atoms with Crippen molar-refractivity contribution in [3.05, 3.63) is 69.2 Å². The zero-order chi connectivity index (χ0) is 18.4. The van der Waals surface area contributed by atoms with Crippen molar-refractivity contribution >= 4 is 34.9 Å². The summed E-state index contributed by atoms with van der Waals surface area (Å²) in [6.45, 7) is -0.654. The van der Waals surface area contributed by atoms with Gasteiger partial charge in [0.05, 0.1) is 4.92 Å². The molecule has 2 aromatic rings. The van der Waals surface area contributed by atoms with Crippen LogP contribution in [0.1, 0.15) is 11.7 Å². The van der Waals surface area contributed by atoms with Crippen LogP contribution in [0, 0.1) is 10.1 Å². The maximum Gasteiger partial charge on any atom is 0.340 e. The number of hydrogen-bond acceptors (Lipinski definition) is 6. The molecule has 0 fully saturated rings. The van der Waals surface area contributed by atoms with Gasteiger partial charge in [0, 0.05) is 11.8 Å². The van der Waals surface area contributed by atoms with Crippen LogP contribution in [-0.2, 0) is 14.3 Å². The number of aliphatic hydroxyl groups excluding tert-OH is 1. The Balaban J connectivity index is 1.91. The van der Waals surface area contributed by atoms with Crippen molar-refractivity contribution in [1.82, 2.24) is 0 Å². The molecule has 0 aromatic heterocycles. The standard InChI is InChI=1S/C16H13ClN2O6/c17-12-7-6-11(8-13(12)19(23)24)18-14(20)9-25-16(22)15(21)10-4-2-1-3-5-10/h1-8,15,21H,9H2,(H,18,20)/t15-/m0/s1. The van der Waals surface area contributed by atoms with Crippen LogP contribution in [0.4, 0.5) is 11.4 Å². The summed E-state index contributed by atoms with van der Waals surface area (Å²) < 4.78 is 4.73. The number of nitro benzene ring substituents is 1. The molecular weight excluding hydrogens is 352 g/mol. The van der Waals surface area contributed by atoms with Crippen LogP contribution < -0.4 is 5.32 Å². The molecule has 0 aliphatic heterocycles. The summed E-state index contributed by atoms with van der Waals surface area (Å²) in [6.07, 6.45) is -1.51. The summed E-state index contributed by atoms with van der Waals surface area (Å²) in [5.41, 5.74) is 0.0953. The van der Waals surface area contributed by atoms with Gasteiger partial charge in [-0.05, 0) is 17.7 Å². The van der Waals surface area contributed by atoms with E-state index in [0.717, 1.165) is 6.07 Å². The molecule has 0 bridgehead atoms. The molecule has 9 heteroatoms. The number of nitro groups is 1. The highest BCUT2D eigenvalue weighted by Gasteiger charge is 2.20. The molecule has 1 amide bonds. The van der Waals surface area contributed by atoms with Crippen molar-refractivity contribution in [2.24, 2.45) is 0 Å². The van der Waals surface area contributed by atoms with Gasteiger partial charge in [-0.25, -0.2) is 4.79 Å². The van der Waals surface area contributed by atoms with Crippen LogP contribution in [0.5, 0.6) is 0 Å². The molecule has 0 saturated heterocycles. The predicted octanol–water partition coefficient (Wildman–Crippen LogP) is 2.46. The number of esters is 1. The van der Waals surface area contributed by atoms with Gasteiger partial charge in [-0.3, -0.25) is 14.9 Å². The van der Waals surface area contributed by atoms with Gasteiger partial charge in [0.2, 0.25) is 0 Å². The summed E-state index contributed by atoms with van der Waals surface area (Å²) in [5.74, 6) is -1.70. The Morgan fingerprint density at radius 2 is 1.92 bits per heavy atom. The maximum atomic E-state index is 11.8. The van der Waals surface area contributed by atoms with E-state index in [2.05, 4.69) is 5.32 Å². The minimum Gasteiger partial charge on any atom is -0.453 e. The molecule has 0 saturated carbocycles. The fourth-order valence-electron chi connectivity index (χ4n) is 1.91. The fourth-order valence-corrected chi connectivity index (χ4v) is 2.10. The summed E-state index contributed by atoms with van der Waals surface area (Å²) >= 11 is 5.67. The lowest BCUT2D eigenvalue weighted by atomic mass is 10.1. The molecule has 2 aromatic carbocycles. The number of hydrogen-bond donors (Lipinski definition) is 2. The molecular formula is C16H13ClN2O6. The van der Waals surface area contributed by atoms with Gasteiger partial charge < -0.3 is 15.2 Å². The number of ether oxygens (including phenoxy) is 1. The van der Waals surface area contributed by atoms with Crippen LogP contribution in [0.25, 0.3) is 0 Å². The number of nitrogens with one attached hydrogen (secondary N) is 1. The first-order valence-corrected chi connectivity index (χ1v) is 7.39. The number of nitrogens with zero attached hydrogens (tertiary/aromatic N) is 1. The number of rotatable bonds is 6. The highest BCUT2D eigenvalue weighted by molar-refractivity contribution is 6.32. The van der Waals surface area contributed by atoms with Crippen LogP contribution in [0.3, 0.4) is 0 Å².